The van der Waals surface area contributed by atoms with Crippen molar-refractivity contribution >= 4 is 22.8 Å². The van der Waals surface area contributed by atoms with Gasteiger partial charge in [-0.2, -0.15) is 13.2 Å². The highest BCUT2D eigenvalue weighted by molar-refractivity contribution is 7.85. The van der Waals surface area contributed by atoms with Crippen molar-refractivity contribution < 1.29 is 22.2 Å². The molecule has 0 amide bonds. The molecular weight excluding hydrogens is 279 g/mol. The Morgan fingerprint density at radius 1 is 1.21 bits per heavy atom. The summed E-state index contributed by atoms with van der Waals surface area (Å²) in [7, 11) is -0.883. The van der Waals surface area contributed by atoms with Gasteiger partial charge in [0.25, 0.3) is 0 Å². The highest BCUT2D eigenvalue weighted by atomic mass is 32.2. The Morgan fingerprint density at radius 2 is 1.84 bits per heavy atom. The molecule has 0 bridgehead atoms. The first-order valence-corrected chi connectivity index (χ1v) is 7.17. The maximum Gasteiger partial charge on any atom is 0.417 e. The number of carbonyl (C=O) groups is 1. The summed E-state index contributed by atoms with van der Waals surface area (Å²) in [6.45, 7) is 0.925. The zero-order chi connectivity index (χ0) is 14.0. The van der Waals surface area contributed by atoms with Crippen LogP contribution in [-0.2, 0) is 17.0 Å². The van der Waals surface area contributed by atoms with Crippen LogP contribution in [0.3, 0.4) is 0 Å². The van der Waals surface area contributed by atoms with Gasteiger partial charge in [-0.3, -0.25) is 9.00 Å². The lowest BCUT2D eigenvalue weighted by molar-refractivity contribution is -0.137. The van der Waals surface area contributed by atoms with E-state index in [0.717, 1.165) is 6.07 Å². The number of anilines is 1. The number of halogens is 3. The van der Waals surface area contributed by atoms with Gasteiger partial charge < -0.3 is 4.90 Å². The Labute approximate surface area is 110 Å². The monoisotopic (exact) mass is 291 g/mol. The number of hydrogen-bond donors (Lipinski definition) is 0. The Morgan fingerprint density at radius 3 is 2.37 bits per heavy atom. The molecule has 2 rings (SSSR count). The first kappa shape index (κ1) is 14.0. The molecule has 104 valence electrons. The van der Waals surface area contributed by atoms with Gasteiger partial charge in [-0.1, -0.05) is 0 Å². The number of aldehydes is 1. The number of alkyl halides is 3. The van der Waals surface area contributed by atoms with E-state index < -0.39 is 22.5 Å². The summed E-state index contributed by atoms with van der Waals surface area (Å²) in [6.07, 6.45) is -4.34. The lowest BCUT2D eigenvalue weighted by Gasteiger charge is -2.29. The fourth-order valence-corrected chi connectivity index (χ4v) is 3.04. The lowest BCUT2D eigenvalue weighted by atomic mass is 10.1. The zero-order valence-electron chi connectivity index (χ0n) is 9.94. The van der Waals surface area contributed by atoms with E-state index in [-0.39, 0.29) is 11.8 Å². The summed E-state index contributed by atoms with van der Waals surface area (Å²) in [5.74, 6) is 0.910. The molecule has 0 saturated carbocycles. The second-order valence-corrected chi connectivity index (χ2v) is 5.92. The number of nitrogens with zero attached hydrogens (tertiary/aromatic N) is 1. The van der Waals surface area contributed by atoms with Crippen molar-refractivity contribution in [3.8, 4) is 0 Å². The molecule has 1 aliphatic heterocycles. The van der Waals surface area contributed by atoms with Gasteiger partial charge in [0, 0.05) is 46.6 Å². The molecule has 7 heteroatoms. The highest BCUT2D eigenvalue weighted by Gasteiger charge is 2.34. The predicted molar refractivity (Wildman–Crippen MR) is 66.9 cm³/mol. The largest absolute Gasteiger partial charge is 0.417 e. The molecule has 1 aromatic carbocycles. The molecule has 1 fully saturated rings. The van der Waals surface area contributed by atoms with E-state index >= 15 is 0 Å². The van der Waals surface area contributed by atoms with Crippen LogP contribution >= 0.6 is 0 Å². The van der Waals surface area contributed by atoms with Crippen molar-refractivity contribution in [1.82, 2.24) is 0 Å². The molecule has 1 heterocycles. The minimum atomic E-state index is -4.55. The number of carbonyl (C=O) groups excluding carboxylic acids is 1. The third-order valence-electron chi connectivity index (χ3n) is 3.01. The lowest BCUT2D eigenvalue weighted by Crippen LogP contribution is -2.37. The van der Waals surface area contributed by atoms with E-state index in [0.29, 0.717) is 30.3 Å². The summed E-state index contributed by atoms with van der Waals surface area (Å²) < 4.78 is 49.7. The average molecular weight is 291 g/mol. The molecule has 0 unspecified atom stereocenters. The standard InChI is InChI=1S/C12H12F3NO2S/c13-12(14,15)11-7-10(2-1-9(11)8-17)16-3-5-19(18)6-4-16/h1-2,7-8H,3-6H2. The van der Waals surface area contributed by atoms with Crippen LogP contribution in [0.2, 0.25) is 0 Å². The smallest absolute Gasteiger partial charge is 0.370 e. The van der Waals surface area contributed by atoms with Gasteiger partial charge >= 0.3 is 6.18 Å². The fourth-order valence-electron chi connectivity index (χ4n) is 1.99. The van der Waals surface area contributed by atoms with E-state index in [1.54, 1.807) is 4.90 Å². The minimum absolute atomic E-state index is 0.206. The van der Waals surface area contributed by atoms with Gasteiger partial charge in [0.15, 0.2) is 6.29 Å². The molecule has 0 N–H and O–H groups in total. The van der Waals surface area contributed by atoms with Crippen LogP contribution in [0.4, 0.5) is 18.9 Å². The second-order valence-electron chi connectivity index (χ2n) is 4.22. The zero-order valence-corrected chi connectivity index (χ0v) is 10.8. The van der Waals surface area contributed by atoms with Crippen molar-refractivity contribution in [2.24, 2.45) is 0 Å². The summed E-state index contributed by atoms with van der Waals surface area (Å²) >= 11 is 0. The molecule has 1 saturated heterocycles. The van der Waals surface area contributed by atoms with Crippen molar-refractivity contribution in [2.45, 2.75) is 6.18 Å². The second kappa shape index (κ2) is 5.32. The van der Waals surface area contributed by atoms with Gasteiger partial charge in [-0.15, -0.1) is 0 Å². The summed E-state index contributed by atoms with van der Waals surface area (Å²) in [5, 5.41) is 0. The van der Waals surface area contributed by atoms with Crippen LogP contribution in [0.1, 0.15) is 15.9 Å². The van der Waals surface area contributed by atoms with Crippen LogP contribution in [-0.4, -0.2) is 35.1 Å². The first-order valence-electron chi connectivity index (χ1n) is 5.68. The topological polar surface area (TPSA) is 37.4 Å². The molecule has 19 heavy (non-hydrogen) atoms. The van der Waals surface area contributed by atoms with Crippen LogP contribution in [0.15, 0.2) is 18.2 Å². The molecule has 0 radical (unpaired) electrons. The molecule has 0 atom stereocenters. The molecule has 3 nitrogen and oxygen atoms in total. The third-order valence-corrected chi connectivity index (χ3v) is 4.29. The summed E-state index contributed by atoms with van der Waals surface area (Å²) in [4.78, 5) is 12.4. The van der Waals surface area contributed by atoms with E-state index in [4.69, 9.17) is 0 Å². The Balaban J connectivity index is 2.33. The molecule has 0 spiro atoms. The van der Waals surface area contributed by atoms with Gasteiger partial charge in [0.2, 0.25) is 0 Å². The average Bonchev–Trinajstić information content (AvgIpc) is 2.38. The molecule has 1 aliphatic rings. The van der Waals surface area contributed by atoms with E-state index in [1.165, 1.54) is 12.1 Å². The molecule has 0 aromatic heterocycles. The van der Waals surface area contributed by atoms with Crippen molar-refractivity contribution in [3.63, 3.8) is 0 Å². The van der Waals surface area contributed by atoms with Crippen LogP contribution < -0.4 is 4.90 Å². The van der Waals surface area contributed by atoms with Crippen molar-refractivity contribution in [1.29, 1.82) is 0 Å². The van der Waals surface area contributed by atoms with Gasteiger partial charge in [0.05, 0.1) is 5.56 Å². The summed E-state index contributed by atoms with van der Waals surface area (Å²) in [6, 6.07) is 3.65. The molecule has 1 aromatic rings. The van der Waals surface area contributed by atoms with Gasteiger partial charge in [0.1, 0.15) is 0 Å². The number of rotatable bonds is 2. The first-order chi connectivity index (χ1) is 8.91. The highest BCUT2D eigenvalue weighted by Crippen LogP contribution is 2.34. The number of benzene rings is 1. The van der Waals surface area contributed by atoms with Crippen molar-refractivity contribution in [3.05, 3.63) is 29.3 Å². The van der Waals surface area contributed by atoms with Gasteiger partial charge in [-0.05, 0) is 18.2 Å². The number of hydrogen-bond acceptors (Lipinski definition) is 3. The van der Waals surface area contributed by atoms with Gasteiger partial charge in [-0.25, -0.2) is 0 Å². The maximum absolute atomic E-state index is 12.8. The minimum Gasteiger partial charge on any atom is -0.370 e. The maximum atomic E-state index is 12.8. The van der Waals surface area contributed by atoms with Crippen LogP contribution in [0, 0.1) is 0 Å². The van der Waals surface area contributed by atoms with E-state index in [2.05, 4.69) is 0 Å². The van der Waals surface area contributed by atoms with Crippen molar-refractivity contribution in [2.75, 3.05) is 29.5 Å². The molecular formula is C12H12F3NO2S. The quantitative estimate of drug-likeness (QED) is 0.783. The SMILES string of the molecule is O=Cc1ccc(N2CCS(=O)CC2)cc1C(F)(F)F. The predicted octanol–water partition coefficient (Wildman–Crippen LogP) is 2.09. The third kappa shape index (κ3) is 3.15. The van der Waals surface area contributed by atoms with Crippen LogP contribution in [0.5, 0.6) is 0 Å². The Hall–Kier alpha value is -1.37. The Kier molecular flexibility index (Phi) is 3.93. The van der Waals surface area contributed by atoms with E-state index in [9.17, 15) is 22.2 Å². The summed E-state index contributed by atoms with van der Waals surface area (Å²) in [5.41, 5.74) is -0.877. The fraction of sp³-hybridized carbons (Fsp3) is 0.417. The van der Waals surface area contributed by atoms with Crippen LogP contribution in [0.25, 0.3) is 0 Å². The Bertz CT molecular complexity index is 506. The molecule has 0 aliphatic carbocycles. The normalized spacial score (nSPS) is 17.5. The van der Waals surface area contributed by atoms with E-state index in [1.807, 2.05) is 0 Å².